The monoisotopic (exact) mass is 437 g/mol. The Labute approximate surface area is 159 Å². The molecule has 1 N–H and O–H groups in total. The Morgan fingerprint density at radius 1 is 1.03 bits per heavy atom. The van der Waals surface area contributed by atoms with Crippen LogP contribution in [0.1, 0.15) is 17.7 Å². The maximum Gasteiger partial charge on any atom is 0.416 e. The zero-order valence-corrected chi connectivity index (χ0v) is 14.7. The maximum atomic E-state index is 14.1. The van der Waals surface area contributed by atoms with Crippen LogP contribution in [-0.2, 0) is 16.3 Å². The molecule has 0 aliphatic carbocycles. The fraction of sp³-hybridized carbons (Fsp3) is 0.118. The van der Waals surface area contributed by atoms with Gasteiger partial charge in [0.2, 0.25) is 5.76 Å². The number of nitrogens with zero attached hydrogens (tertiary/aromatic N) is 1. The average Bonchev–Trinajstić information content (AvgIpc) is 3.05. The van der Waals surface area contributed by atoms with Crippen LogP contribution in [0.2, 0.25) is 0 Å². The molecule has 1 aromatic heterocycles. The van der Waals surface area contributed by atoms with Gasteiger partial charge in [0.15, 0.2) is 0 Å². The first-order valence-corrected chi connectivity index (χ1v) is 9.06. The molecule has 5 nitrogen and oxygen atoms in total. The predicted octanol–water partition coefficient (Wildman–Crippen LogP) is 5.35. The lowest BCUT2D eigenvalue weighted by Crippen LogP contribution is -2.04. The minimum absolute atomic E-state index is 0.232. The van der Waals surface area contributed by atoms with Crippen molar-refractivity contribution in [2.75, 3.05) is 0 Å². The molecule has 154 valence electrons. The molecule has 3 rings (SSSR count). The van der Waals surface area contributed by atoms with Crippen molar-refractivity contribution < 1.29 is 43.8 Å². The van der Waals surface area contributed by atoms with E-state index in [-0.39, 0.29) is 11.1 Å². The van der Waals surface area contributed by atoms with Crippen molar-refractivity contribution in [2.45, 2.75) is 17.5 Å². The fourth-order valence-corrected chi connectivity index (χ4v) is 3.18. The van der Waals surface area contributed by atoms with Crippen molar-refractivity contribution in [3.63, 3.8) is 0 Å². The van der Waals surface area contributed by atoms with Crippen LogP contribution in [0.4, 0.5) is 26.3 Å². The van der Waals surface area contributed by atoms with Gasteiger partial charge in [-0.15, -0.1) is 0 Å². The Hall–Kier alpha value is -2.86. The van der Waals surface area contributed by atoms with E-state index < -0.39 is 56.0 Å². The Morgan fingerprint density at radius 3 is 2.28 bits per heavy atom. The van der Waals surface area contributed by atoms with Crippen molar-refractivity contribution in [1.29, 1.82) is 0 Å². The van der Waals surface area contributed by atoms with Gasteiger partial charge in [0.1, 0.15) is 16.4 Å². The number of benzene rings is 2. The third-order valence-electron chi connectivity index (χ3n) is 3.88. The number of rotatable bonds is 4. The molecular formula is C17H9F6NO4S. The Kier molecular flexibility index (Phi) is 5.17. The first-order valence-electron chi connectivity index (χ1n) is 7.62. The van der Waals surface area contributed by atoms with Gasteiger partial charge < -0.3 is 4.52 Å². The van der Waals surface area contributed by atoms with Gasteiger partial charge in [-0.1, -0.05) is 23.4 Å². The second kappa shape index (κ2) is 7.19. The summed E-state index contributed by atoms with van der Waals surface area (Å²) in [6.07, 6.45) is -7.96. The Bertz CT molecular complexity index is 1170. The minimum Gasteiger partial charge on any atom is -0.354 e. The number of alkyl halides is 5. The van der Waals surface area contributed by atoms with Crippen LogP contribution in [-0.4, -0.2) is 18.1 Å². The summed E-state index contributed by atoms with van der Waals surface area (Å²) in [5.74, 6) is -2.50. The number of aromatic nitrogens is 1. The normalized spacial score (nSPS) is 12.6. The van der Waals surface area contributed by atoms with Crippen LogP contribution in [0.5, 0.6) is 0 Å². The van der Waals surface area contributed by atoms with Gasteiger partial charge in [0, 0.05) is 5.56 Å². The third-order valence-corrected chi connectivity index (χ3v) is 4.77. The number of hydrogen-bond acceptors (Lipinski definition) is 4. The lowest BCUT2D eigenvalue weighted by atomic mass is 9.98. The predicted molar refractivity (Wildman–Crippen MR) is 87.1 cm³/mol. The van der Waals surface area contributed by atoms with Crippen molar-refractivity contribution in [2.24, 2.45) is 0 Å². The van der Waals surface area contributed by atoms with Gasteiger partial charge >= 0.3 is 6.18 Å². The molecule has 0 saturated carbocycles. The van der Waals surface area contributed by atoms with Gasteiger partial charge in [-0.3, -0.25) is 4.55 Å². The van der Waals surface area contributed by atoms with E-state index in [9.17, 15) is 34.8 Å². The maximum absolute atomic E-state index is 14.1. The summed E-state index contributed by atoms with van der Waals surface area (Å²) in [4.78, 5) is -1.10. The highest BCUT2D eigenvalue weighted by atomic mass is 32.2. The van der Waals surface area contributed by atoms with Crippen molar-refractivity contribution in [3.8, 4) is 22.4 Å². The van der Waals surface area contributed by atoms with Crippen LogP contribution < -0.4 is 0 Å². The molecule has 0 aliphatic heterocycles. The van der Waals surface area contributed by atoms with E-state index in [0.29, 0.717) is 18.2 Å². The molecule has 0 aliphatic rings. The molecule has 0 spiro atoms. The van der Waals surface area contributed by atoms with Gasteiger partial charge in [-0.05, 0) is 29.8 Å². The average molecular weight is 437 g/mol. The van der Waals surface area contributed by atoms with Gasteiger partial charge in [-0.25, -0.2) is 13.2 Å². The molecule has 0 radical (unpaired) electrons. The molecule has 12 heteroatoms. The molecular weight excluding hydrogens is 428 g/mol. The summed E-state index contributed by atoms with van der Waals surface area (Å²) in [5.41, 5.74) is -2.58. The largest absolute Gasteiger partial charge is 0.416 e. The van der Waals surface area contributed by atoms with E-state index >= 15 is 0 Å². The lowest BCUT2D eigenvalue weighted by molar-refractivity contribution is -0.137. The van der Waals surface area contributed by atoms with E-state index in [4.69, 9.17) is 4.55 Å². The van der Waals surface area contributed by atoms with E-state index in [1.807, 2.05) is 0 Å². The Balaban J connectivity index is 2.23. The van der Waals surface area contributed by atoms with Crippen LogP contribution in [0.3, 0.4) is 0 Å². The molecule has 3 aromatic rings. The van der Waals surface area contributed by atoms with Crippen LogP contribution in [0.15, 0.2) is 51.9 Å². The van der Waals surface area contributed by atoms with E-state index in [1.165, 1.54) is 0 Å². The molecule has 0 bridgehead atoms. The van der Waals surface area contributed by atoms with Gasteiger partial charge in [-0.2, -0.15) is 21.6 Å². The van der Waals surface area contributed by atoms with Crippen LogP contribution >= 0.6 is 0 Å². The molecule has 0 saturated heterocycles. The first kappa shape index (κ1) is 20.9. The quantitative estimate of drug-likeness (QED) is 0.440. The number of halogens is 6. The zero-order chi connectivity index (χ0) is 21.6. The van der Waals surface area contributed by atoms with E-state index in [1.54, 1.807) is 0 Å². The first-order chi connectivity index (χ1) is 13.4. The second-order valence-electron chi connectivity index (χ2n) is 5.77. The smallest absolute Gasteiger partial charge is 0.354 e. The summed E-state index contributed by atoms with van der Waals surface area (Å²) in [6, 6.07) is 5.64. The topological polar surface area (TPSA) is 80.4 Å². The van der Waals surface area contributed by atoms with Crippen molar-refractivity contribution >= 4 is 10.1 Å². The summed E-state index contributed by atoms with van der Waals surface area (Å²) in [5, 5.41) is 3.40. The molecule has 29 heavy (non-hydrogen) atoms. The minimum atomic E-state index is -4.92. The molecule has 2 aromatic carbocycles. The molecule has 1 heterocycles. The highest BCUT2D eigenvalue weighted by Crippen LogP contribution is 2.41. The third kappa shape index (κ3) is 4.12. The standard InChI is InChI=1S/C17H9F6NO4S/c18-11-7-8(4-5-12(11)29(25,26)27)13-14(24-28-15(13)16(19)20)9-2-1-3-10(6-9)17(21,22)23/h1-7,16H,(H,25,26,27). The molecule has 0 fully saturated rings. The van der Waals surface area contributed by atoms with E-state index in [0.717, 1.165) is 24.3 Å². The van der Waals surface area contributed by atoms with Crippen LogP contribution in [0.25, 0.3) is 22.4 Å². The molecule has 0 amide bonds. The summed E-state index contributed by atoms with van der Waals surface area (Å²) in [7, 11) is -4.92. The summed E-state index contributed by atoms with van der Waals surface area (Å²) >= 11 is 0. The number of hydrogen-bond donors (Lipinski definition) is 1. The molecule has 0 atom stereocenters. The van der Waals surface area contributed by atoms with Crippen LogP contribution in [0, 0.1) is 5.82 Å². The Morgan fingerprint density at radius 2 is 1.72 bits per heavy atom. The van der Waals surface area contributed by atoms with Crippen molar-refractivity contribution in [1.82, 2.24) is 5.16 Å². The fourth-order valence-electron chi connectivity index (χ4n) is 2.64. The summed E-state index contributed by atoms with van der Waals surface area (Å²) < 4.78 is 115. The highest BCUT2D eigenvalue weighted by Gasteiger charge is 2.32. The van der Waals surface area contributed by atoms with Crippen molar-refractivity contribution in [3.05, 3.63) is 59.6 Å². The molecule has 0 unspecified atom stereocenters. The summed E-state index contributed by atoms with van der Waals surface area (Å²) in [6.45, 7) is 0. The highest BCUT2D eigenvalue weighted by molar-refractivity contribution is 7.85. The lowest BCUT2D eigenvalue weighted by Gasteiger charge is -2.09. The van der Waals surface area contributed by atoms with Gasteiger partial charge in [0.25, 0.3) is 16.5 Å². The second-order valence-corrected chi connectivity index (χ2v) is 7.16. The van der Waals surface area contributed by atoms with Gasteiger partial charge in [0.05, 0.1) is 11.1 Å². The SMILES string of the molecule is O=S(=O)(O)c1ccc(-c2c(-c3cccc(C(F)(F)F)c3)noc2C(F)F)cc1F. The van der Waals surface area contributed by atoms with E-state index in [2.05, 4.69) is 9.68 Å². The zero-order valence-electron chi connectivity index (χ0n) is 13.9.